The molecule has 0 bridgehead atoms. The Bertz CT molecular complexity index is 1060. The molecule has 7 nitrogen and oxygen atoms in total. The van der Waals surface area contributed by atoms with Gasteiger partial charge in [0.15, 0.2) is 0 Å². The van der Waals surface area contributed by atoms with Crippen molar-refractivity contribution in [2.24, 2.45) is 0 Å². The number of amides is 2. The van der Waals surface area contributed by atoms with Gasteiger partial charge in [-0.05, 0) is 42.8 Å². The van der Waals surface area contributed by atoms with Crippen LogP contribution < -0.4 is 9.62 Å². The van der Waals surface area contributed by atoms with E-state index in [2.05, 4.69) is 5.32 Å². The van der Waals surface area contributed by atoms with E-state index in [1.807, 2.05) is 0 Å². The van der Waals surface area contributed by atoms with Crippen molar-refractivity contribution in [3.8, 4) is 0 Å². The van der Waals surface area contributed by atoms with E-state index in [0.717, 1.165) is 16.1 Å². The molecule has 11 heteroatoms. The molecule has 0 heterocycles. The second-order valence-corrected chi connectivity index (χ2v) is 9.99. The van der Waals surface area contributed by atoms with E-state index in [4.69, 9.17) is 34.8 Å². The molecule has 0 aliphatic heterocycles. The molecule has 31 heavy (non-hydrogen) atoms. The molecule has 0 saturated heterocycles. The number of nitrogens with zero attached hydrogens (tertiary/aromatic N) is 2. The largest absolute Gasteiger partial charge is 0.357 e. The van der Waals surface area contributed by atoms with Crippen molar-refractivity contribution in [3.05, 3.63) is 63.1 Å². The summed E-state index contributed by atoms with van der Waals surface area (Å²) in [7, 11) is -2.41. The fourth-order valence-corrected chi connectivity index (χ4v) is 4.40. The normalized spacial score (nSPS) is 12.2. The van der Waals surface area contributed by atoms with E-state index in [9.17, 15) is 18.0 Å². The maximum atomic E-state index is 13.2. The number of hydrogen-bond acceptors (Lipinski definition) is 4. The summed E-state index contributed by atoms with van der Waals surface area (Å²) in [5.74, 6) is -0.972. The fourth-order valence-electron chi connectivity index (χ4n) is 2.86. The standard InChI is InChI=1S/C20H22Cl3N3O4S/c1-13(20(28)24-2)25(11-14-4-6-15(21)7-5-14)19(27)12-26(31(3,29)30)18-9-8-16(22)10-17(18)23/h4-10,13H,11-12H2,1-3H3,(H,24,28)/t13-/m1/s1. The first-order valence-corrected chi connectivity index (χ1v) is 12.1. The van der Waals surface area contributed by atoms with Crippen LogP contribution in [0.5, 0.6) is 0 Å². The molecule has 2 amide bonds. The number of rotatable bonds is 8. The summed E-state index contributed by atoms with van der Waals surface area (Å²) in [6, 6.07) is 10.2. The quantitative estimate of drug-likeness (QED) is 0.593. The number of benzene rings is 2. The number of halogens is 3. The molecular weight excluding hydrogens is 485 g/mol. The van der Waals surface area contributed by atoms with Crippen LogP contribution in [-0.2, 0) is 26.2 Å². The predicted molar refractivity (Wildman–Crippen MR) is 124 cm³/mol. The third-order valence-electron chi connectivity index (χ3n) is 4.54. The molecule has 0 aliphatic rings. The third kappa shape index (κ3) is 6.74. The summed E-state index contributed by atoms with van der Waals surface area (Å²) in [6.45, 7) is 1.10. The van der Waals surface area contributed by atoms with Crippen LogP contribution in [0.4, 0.5) is 5.69 Å². The zero-order valence-electron chi connectivity index (χ0n) is 17.1. The van der Waals surface area contributed by atoms with Crippen LogP contribution in [0.3, 0.4) is 0 Å². The average molecular weight is 507 g/mol. The molecular formula is C20H22Cl3N3O4S. The lowest BCUT2D eigenvalue weighted by atomic mass is 10.1. The summed E-state index contributed by atoms with van der Waals surface area (Å²) in [5.41, 5.74) is 0.838. The molecule has 0 saturated carbocycles. The molecule has 0 radical (unpaired) electrons. The predicted octanol–water partition coefficient (Wildman–Crippen LogP) is 3.58. The van der Waals surface area contributed by atoms with Gasteiger partial charge in [-0.1, -0.05) is 46.9 Å². The molecule has 168 valence electrons. The number of hydrogen-bond donors (Lipinski definition) is 1. The summed E-state index contributed by atoms with van der Waals surface area (Å²) >= 11 is 18.0. The summed E-state index contributed by atoms with van der Waals surface area (Å²) in [5, 5.41) is 3.44. The minimum absolute atomic E-state index is 0.0781. The fraction of sp³-hybridized carbons (Fsp3) is 0.300. The average Bonchev–Trinajstić information content (AvgIpc) is 2.70. The second kappa shape index (κ2) is 10.5. The van der Waals surface area contributed by atoms with E-state index in [0.29, 0.717) is 10.0 Å². The van der Waals surface area contributed by atoms with E-state index in [-0.39, 0.29) is 17.3 Å². The minimum Gasteiger partial charge on any atom is -0.357 e. The Morgan fingerprint density at radius 3 is 2.13 bits per heavy atom. The SMILES string of the molecule is CNC(=O)[C@@H](C)N(Cc1ccc(Cl)cc1)C(=O)CN(c1ccc(Cl)cc1Cl)S(C)(=O)=O. The zero-order chi connectivity index (χ0) is 23.3. The van der Waals surface area contributed by atoms with Gasteiger partial charge in [-0.25, -0.2) is 8.42 Å². The van der Waals surface area contributed by atoms with Crippen LogP contribution >= 0.6 is 34.8 Å². The van der Waals surface area contributed by atoms with E-state index in [1.165, 1.54) is 30.1 Å². The van der Waals surface area contributed by atoms with E-state index >= 15 is 0 Å². The molecule has 0 fully saturated rings. The Labute approximate surface area is 196 Å². The summed E-state index contributed by atoms with van der Waals surface area (Å²) in [6.07, 6.45) is 0.969. The van der Waals surface area contributed by atoms with Gasteiger partial charge < -0.3 is 10.2 Å². The topological polar surface area (TPSA) is 86.8 Å². The highest BCUT2D eigenvalue weighted by Crippen LogP contribution is 2.30. The maximum Gasteiger partial charge on any atom is 0.244 e. The monoisotopic (exact) mass is 505 g/mol. The molecule has 0 aromatic heterocycles. The molecule has 2 rings (SSSR count). The van der Waals surface area contributed by atoms with Crippen molar-refractivity contribution in [2.45, 2.75) is 19.5 Å². The Morgan fingerprint density at radius 1 is 1.03 bits per heavy atom. The lowest BCUT2D eigenvalue weighted by Crippen LogP contribution is -2.50. The van der Waals surface area contributed by atoms with Crippen molar-refractivity contribution in [1.82, 2.24) is 10.2 Å². The molecule has 0 unspecified atom stereocenters. The van der Waals surface area contributed by atoms with Gasteiger partial charge >= 0.3 is 0 Å². The first kappa shape index (κ1) is 25.3. The minimum atomic E-state index is -3.87. The van der Waals surface area contributed by atoms with Gasteiger partial charge in [0.1, 0.15) is 12.6 Å². The van der Waals surface area contributed by atoms with Gasteiger partial charge in [-0.15, -0.1) is 0 Å². The number of carbonyl (C=O) groups excluding carboxylic acids is 2. The van der Waals surface area contributed by atoms with Crippen molar-refractivity contribution in [3.63, 3.8) is 0 Å². The second-order valence-electron chi connectivity index (χ2n) is 6.80. The molecule has 1 N–H and O–H groups in total. The van der Waals surface area contributed by atoms with Crippen LogP contribution in [0.15, 0.2) is 42.5 Å². The van der Waals surface area contributed by atoms with Gasteiger partial charge in [-0.2, -0.15) is 0 Å². The van der Waals surface area contributed by atoms with Crippen LogP contribution in [0, 0.1) is 0 Å². The van der Waals surface area contributed by atoms with Crippen LogP contribution in [-0.4, -0.2) is 51.0 Å². The number of anilines is 1. The van der Waals surface area contributed by atoms with Crippen molar-refractivity contribution >= 4 is 62.3 Å². The number of carbonyl (C=O) groups is 2. The molecule has 2 aromatic carbocycles. The first-order valence-electron chi connectivity index (χ1n) is 9.12. The molecule has 1 atom stereocenters. The van der Waals surface area contributed by atoms with Crippen LogP contribution in [0.1, 0.15) is 12.5 Å². The molecule has 0 aliphatic carbocycles. The number of nitrogens with one attached hydrogen (secondary N) is 1. The van der Waals surface area contributed by atoms with Gasteiger partial charge in [0, 0.05) is 23.6 Å². The molecule has 2 aromatic rings. The van der Waals surface area contributed by atoms with E-state index < -0.39 is 34.4 Å². The number of sulfonamides is 1. The van der Waals surface area contributed by atoms with Gasteiger partial charge in [0.25, 0.3) is 0 Å². The highest BCUT2D eigenvalue weighted by Gasteiger charge is 2.30. The summed E-state index contributed by atoms with van der Waals surface area (Å²) < 4.78 is 25.8. The lowest BCUT2D eigenvalue weighted by Gasteiger charge is -2.31. The maximum absolute atomic E-state index is 13.2. The third-order valence-corrected chi connectivity index (χ3v) is 6.45. The lowest BCUT2D eigenvalue weighted by molar-refractivity contribution is -0.139. The Balaban J connectivity index is 2.40. The number of likely N-dealkylation sites (N-methyl/N-ethyl adjacent to an activating group) is 1. The Kier molecular flexibility index (Phi) is 8.59. The van der Waals surface area contributed by atoms with Crippen LogP contribution in [0.25, 0.3) is 0 Å². The first-order chi connectivity index (χ1) is 14.4. The van der Waals surface area contributed by atoms with Gasteiger partial charge in [0.05, 0.1) is 17.0 Å². The summed E-state index contributed by atoms with van der Waals surface area (Å²) in [4.78, 5) is 26.8. The van der Waals surface area contributed by atoms with E-state index in [1.54, 1.807) is 31.2 Å². The zero-order valence-corrected chi connectivity index (χ0v) is 20.2. The van der Waals surface area contributed by atoms with Crippen molar-refractivity contribution in [2.75, 3.05) is 24.2 Å². The van der Waals surface area contributed by atoms with Crippen molar-refractivity contribution in [1.29, 1.82) is 0 Å². The van der Waals surface area contributed by atoms with Crippen LogP contribution in [0.2, 0.25) is 15.1 Å². The highest BCUT2D eigenvalue weighted by atomic mass is 35.5. The Morgan fingerprint density at radius 2 is 1.61 bits per heavy atom. The van der Waals surface area contributed by atoms with Gasteiger partial charge in [-0.3, -0.25) is 13.9 Å². The molecule has 0 spiro atoms. The smallest absolute Gasteiger partial charge is 0.244 e. The Hall–Kier alpha value is -2.00. The van der Waals surface area contributed by atoms with Crippen molar-refractivity contribution < 1.29 is 18.0 Å². The van der Waals surface area contributed by atoms with Gasteiger partial charge in [0.2, 0.25) is 21.8 Å². The highest BCUT2D eigenvalue weighted by molar-refractivity contribution is 7.92.